The topological polar surface area (TPSA) is 87.7 Å². The average Bonchev–Trinajstić information content (AvgIpc) is 2.43. The Kier molecular flexibility index (Phi) is 10.4. The van der Waals surface area contributed by atoms with Crippen LogP contribution in [0.4, 0.5) is 4.79 Å². The summed E-state index contributed by atoms with van der Waals surface area (Å²) < 4.78 is 5.31. The van der Waals surface area contributed by atoms with Crippen LogP contribution < -0.4 is 10.6 Å². The number of ether oxygens (including phenoxy) is 1. The van der Waals surface area contributed by atoms with Crippen molar-refractivity contribution < 1.29 is 19.1 Å². The zero-order chi connectivity index (χ0) is 17.2. The van der Waals surface area contributed by atoms with Gasteiger partial charge in [0.05, 0.1) is 10.7 Å². The van der Waals surface area contributed by atoms with Crippen LogP contribution in [0, 0.1) is 0 Å². The average molecular weight is 445 g/mol. The molecule has 2 N–H and O–H groups in total. The minimum absolute atomic E-state index is 0.156. The normalized spacial score (nSPS) is 10.8. The maximum atomic E-state index is 12.1. The Morgan fingerprint density at radius 2 is 1.36 bits per heavy atom. The van der Waals surface area contributed by atoms with Crippen LogP contribution in [0.15, 0.2) is 0 Å². The van der Waals surface area contributed by atoms with Gasteiger partial charge in [-0.15, -0.1) is 0 Å². The third-order valence-corrected chi connectivity index (χ3v) is 3.32. The van der Waals surface area contributed by atoms with Gasteiger partial charge in [0.15, 0.2) is 0 Å². The summed E-state index contributed by atoms with van der Waals surface area (Å²) in [5.41, 5.74) is -0.604. The quantitative estimate of drug-likeness (QED) is 0.551. The first-order chi connectivity index (χ1) is 10.2. The lowest BCUT2D eigenvalue weighted by molar-refractivity contribution is -0.119. The fraction of sp³-hybridized carbons (Fsp3) is 0.769. The molecule has 0 unspecified atom stereocenters. The predicted octanol–water partition coefficient (Wildman–Crippen LogP) is 1.25. The minimum atomic E-state index is -0.604. The van der Waals surface area contributed by atoms with Crippen molar-refractivity contribution in [3.05, 3.63) is 0 Å². The van der Waals surface area contributed by atoms with E-state index in [1.165, 1.54) is 4.90 Å². The van der Waals surface area contributed by atoms with Gasteiger partial charge in [0.1, 0.15) is 5.60 Å². The number of nitrogens with zero attached hydrogens (tertiary/aromatic N) is 1. The van der Waals surface area contributed by atoms with E-state index in [0.29, 0.717) is 26.2 Å². The van der Waals surface area contributed by atoms with E-state index in [-0.39, 0.29) is 22.5 Å². The molecule has 0 atom stereocenters. The van der Waals surface area contributed by atoms with E-state index < -0.39 is 11.7 Å². The SMILES string of the molecule is CC(C)(C)OC(=O)N(CCNC(=O)CBr)CCNC(=O)CBr. The second-order valence-corrected chi connectivity index (χ2v) is 6.56. The molecule has 0 aromatic heterocycles. The Morgan fingerprint density at radius 3 is 1.68 bits per heavy atom. The van der Waals surface area contributed by atoms with E-state index in [1.807, 2.05) is 0 Å². The summed E-state index contributed by atoms with van der Waals surface area (Å²) in [6.45, 7) is 6.58. The Bertz CT molecular complexity index is 364. The first kappa shape index (κ1) is 21.2. The smallest absolute Gasteiger partial charge is 0.410 e. The molecule has 0 heterocycles. The van der Waals surface area contributed by atoms with Crippen LogP contribution in [0.5, 0.6) is 0 Å². The lowest BCUT2D eigenvalue weighted by atomic mass is 10.2. The number of carbonyl (C=O) groups is 3. The number of hydrogen-bond acceptors (Lipinski definition) is 4. The molecule has 9 heteroatoms. The molecule has 0 aliphatic heterocycles. The third kappa shape index (κ3) is 10.8. The highest BCUT2D eigenvalue weighted by Gasteiger charge is 2.21. The van der Waals surface area contributed by atoms with Crippen LogP contribution in [0.2, 0.25) is 0 Å². The molecule has 0 rings (SSSR count). The van der Waals surface area contributed by atoms with Gasteiger partial charge < -0.3 is 20.3 Å². The zero-order valence-corrected chi connectivity index (χ0v) is 16.3. The van der Waals surface area contributed by atoms with Gasteiger partial charge in [0.25, 0.3) is 0 Å². The fourth-order valence-corrected chi connectivity index (χ4v) is 1.77. The molecule has 3 amide bonds. The largest absolute Gasteiger partial charge is 0.444 e. The molecular formula is C13H23Br2N3O4. The van der Waals surface area contributed by atoms with Gasteiger partial charge in [-0.25, -0.2) is 4.79 Å². The summed E-state index contributed by atoms with van der Waals surface area (Å²) in [4.78, 5) is 35.9. The Morgan fingerprint density at radius 1 is 0.955 bits per heavy atom. The fourth-order valence-electron chi connectivity index (χ4n) is 1.38. The van der Waals surface area contributed by atoms with E-state index in [1.54, 1.807) is 20.8 Å². The van der Waals surface area contributed by atoms with E-state index in [2.05, 4.69) is 42.5 Å². The van der Waals surface area contributed by atoms with Crippen LogP contribution >= 0.6 is 31.9 Å². The van der Waals surface area contributed by atoms with Gasteiger partial charge >= 0.3 is 6.09 Å². The molecule has 0 aliphatic rings. The minimum Gasteiger partial charge on any atom is -0.444 e. The summed E-state index contributed by atoms with van der Waals surface area (Å²) in [5, 5.41) is 5.74. The highest BCUT2D eigenvalue weighted by atomic mass is 79.9. The highest BCUT2D eigenvalue weighted by Crippen LogP contribution is 2.09. The summed E-state index contributed by atoms with van der Waals surface area (Å²) in [5.74, 6) is -0.312. The van der Waals surface area contributed by atoms with Gasteiger partial charge in [-0.3, -0.25) is 9.59 Å². The summed E-state index contributed by atoms with van der Waals surface area (Å²) in [6.07, 6.45) is -0.478. The number of halogens is 2. The molecule has 0 fully saturated rings. The summed E-state index contributed by atoms with van der Waals surface area (Å²) >= 11 is 6.09. The molecular weight excluding hydrogens is 422 g/mol. The predicted molar refractivity (Wildman–Crippen MR) is 91.4 cm³/mol. The van der Waals surface area contributed by atoms with Crippen LogP contribution in [0.25, 0.3) is 0 Å². The molecule has 0 spiro atoms. The first-order valence-corrected chi connectivity index (χ1v) is 9.07. The summed E-state index contributed by atoms with van der Waals surface area (Å²) in [7, 11) is 0. The number of rotatable bonds is 8. The lowest BCUT2D eigenvalue weighted by Gasteiger charge is -2.27. The molecule has 0 radical (unpaired) electrons. The van der Waals surface area contributed by atoms with Crippen molar-refractivity contribution in [2.75, 3.05) is 36.8 Å². The molecule has 0 saturated heterocycles. The number of hydrogen-bond donors (Lipinski definition) is 2. The lowest BCUT2D eigenvalue weighted by Crippen LogP contribution is -2.45. The molecule has 22 heavy (non-hydrogen) atoms. The molecule has 128 valence electrons. The van der Waals surface area contributed by atoms with E-state index >= 15 is 0 Å². The Hall–Kier alpha value is -0.830. The zero-order valence-electron chi connectivity index (χ0n) is 13.1. The van der Waals surface area contributed by atoms with Crippen LogP contribution in [-0.2, 0) is 14.3 Å². The number of amides is 3. The molecule has 0 aromatic rings. The van der Waals surface area contributed by atoms with E-state index in [9.17, 15) is 14.4 Å². The Balaban J connectivity index is 4.45. The molecule has 0 saturated carbocycles. The van der Waals surface area contributed by atoms with Gasteiger partial charge in [-0.05, 0) is 20.8 Å². The van der Waals surface area contributed by atoms with Crippen LogP contribution in [0.3, 0.4) is 0 Å². The molecule has 0 aliphatic carbocycles. The van der Waals surface area contributed by atoms with Crippen molar-refractivity contribution in [2.24, 2.45) is 0 Å². The van der Waals surface area contributed by atoms with E-state index in [0.717, 1.165) is 0 Å². The molecule has 7 nitrogen and oxygen atoms in total. The van der Waals surface area contributed by atoms with Gasteiger partial charge in [0, 0.05) is 26.2 Å². The number of alkyl halides is 2. The van der Waals surface area contributed by atoms with Gasteiger partial charge in [0.2, 0.25) is 11.8 Å². The second-order valence-electron chi connectivity index (χ2n) is 5.43. The van der Waals surface area contributed by atoms with Crippen LogP contribution in [0.1, 0.15) is 20.8 Å². The monoisotopic (exact) mass is 443 g/mol. The van der Waals surface area contributed by atoms with E-state index in [4.69, 9.17) is 4.74 Å². The number of nitrogens with one attached hydrogen (secondary N) is 2. The highest BCUT2D eigenvalue weighted by molar-refractivity contribution is 9.09. The van der Waals surface area contributed by atoms with Gasteiger partial charge in [-0.1, -0.05) is 31.9 Å². The van der Waals surface area contributed by atoms with Crippen molar-refractivity contribution in [3.8, 4) is 0 Å². The molecule has 0 bridgehead atoms. The second kappa shape index (κ2) is 10.8. The van der Waals surface area contributed by atoms with Crippen molar-refractivity contribution in [1.29, 1.82) is 0 Å². The first-order valence-electron chi connectivity index (χ1n) is 6.83. The Labute approximate surface area is 147 Å². The van der Waals surface area contributed by atoms with Crippen molar-refractivity contribution in [2.45, 2.75) is 26.4 Å². The molecule has 0 aromatic carbocycles. The van der Waals surface area contributed by atoms with Crippen molar-refractivity contribution in [1.82, 2.24) is 15.5 Å². The maximum absolute atomic E-state index is 12.1. The summed E-state index contributed by atoms with van der Waals surface area (Å²) in [6, 6.07) is 0. The van der Waals surface area contributed by atoms with Crippen molar-refractivity contribution in [3.63, 3.8) is 0 Å². The number of carbonyl (C=O) groups excluding carboxylic acids is 3. The standard InChI is InChI=1S/C13H23Br2N3O4/c1-13(2,3)22-12(21)18(6-4-16-10(19)8-14)7-5-17-11(20)9-15/h4-9H2,1-3H3,(H,16,19)(H,17,20). The van der Waals surface area contributed by atoms with Crippen molar-refractivity contribution >= 4 is 49.8 Å². The van der Waals surface area contributed by atoms with Crippen LogP contribution in [-0.4, -0.2) is 65.2 Å². The maximum Gasteiger partial charge on any atom is 0.410 e. The van der Waals surface area contributed by atoms with Gasteiger partial charge in [-0.2, -0.15) is 0 Å². The third-order valence-electron chi connectivity index (χ3n) is 2.30.